The van der Waals surface area contributed by atoms with Gasteiger partial charge in [-0.3, -0.25) is 13.9 Å². The maximum absolute atomic E-state index is 15.0. The molecule has 2 atom stereocenters. The van der Waals surface area contributed by atoms with E-state index in [0.717, 1.165) is 26.0 Å². The van der Waals surface area contributed by atoms with E-state index in [1.54, 1.807) is 31.2 Å². The highest BCUT2D eigenvalue weighted by atomic mass is 79.9. The summed E-state index contributed by atoms with van der Waals surface area (Å²) in [4.78, 5) is 28.2. The van der Waals surface area contributed by atoms with E-state index in [-0.39, 0.29) is 29.1 Å². The number of sulfonamides is 1. The molecule has 0 heterocycles. The summed E-state index contributed by atoms with van der Waals surface area (Å²) in [5, 5.41) is 2.88. The summed E-state index contributed by atoms with van der Waals surface area (Å²) in [6, 6.07) is 17.7. The molecule has 0 fully saturated rings. The topological polar surface area (TPSA) is 86.8 Å². The molecule has 10 heteroatoms. The molecule has 3 aromatic rings. The predicted molar refractivity (Wildman–Crippen MR) is 154 cm³/mol. The van der Waals surface area contributed by atoms with Crippen LogP contribution in [0.2, 0.25) is 0 Å². The number of halogens is 2. The molecule has 3 rings (SSSR count). The molecule has 0 spiro atoms. The zero-order chi connectivity index (χ0) is 28.7. The maximum atomic E-state index is 15.0. The van der Waals surface area contributed by atoms with Crippen LogP contribution in [0.3, 0.4) is 0 Å². The molecule has 0 saturated carbocycles. The van der Waals surface area contributed by atoms with Gasteiger partial charge < -0.3 is 10.2 Å². The van der Waals surface area contributed by atoms with Gasteiger partial charge in [-0.2, -0.15) is 0 Å². The Morgan fingerprint density at radius 1 is 0.974 bits per heavy atom. The fourth-order valence-corrected chi connectivity index (χ4v) is 5.53. The molecular weight excluding hydrogens is 585 g/mol. The quantitative estimate of drug-likeness (QED) is 0.311. The molecule has 1 N–H and O–H groups in total. The first kappa shape index (κ1) is 30.3. The molecule has 3 aromatic carbocycles. The smallest absolute Gasteiger partial charge is 0.264 e. The van der Waals surface area contributed by atoms with Gasteiger partial charge in [-0.25, -0.2) is 12.8 Å². The van der Waals surface area contributed by atoms with Crippen LogP contribution < -0.4 is 9.62 Å². The van der Waals surface area contributed by atoms with Crippen molar-refractivity contribution in [2.24, 2.45) is 0 Å². The number of carbonyl (C=O) groups excluding carboxylic acids is 2. The van der Waals surface area contributed by atoms with Crippen LogP contribution in [-0.4, -0.2) is 43.8 Å². The summed E-state index contributed by atoms with van der Waals surface area (Å²) in [5.41, 5.74) is 1.34. The van der Waals surface area contributed by atoms with E-state index in [4.69, 9.17) is 0 Å². The Balaban J connectivity index is 2.03. The number of nitrogens with one attached hydrogen (secondary N) is 1. The molecule has 0 aliphatic carbocycles. The number of aryl methyl sites for hydroxylation is 1. The molecule has 2 amide bonds. The number of amides is 2. The van der Waals surface area contributed by atoms with Gasteiger partial charge in [0.2, 0.25) is 11.8 Å². The number of benzene rings is 3. The van der Waals surface area contributed by atoms with E-state index < -0.39 is 34.3 Å². The highest BCUT2D eigenvalue weighted by Crippen LogP contribution is 2.27. The number of carbonyl (C=O) groups is 2. The predicted octanol–water partition coefficient (Wildman–Crippen LogP) is 5.42. The van der Waals surface area contributed by atoms with Crippen molar-refractivity contribution < 1.29 is 22.4 Å². The summed E-state index contributed by atoms with van der Waals surface area (Å²) >= 11 is 3.39. The Kier molecular flexibility index (Phi) is 10.3. The average molecular weight is 619 g/mol. The lowest BCUT2D eigenvalue weighted by atomic mass is 10.1. The van der Waals surface area contributed by atoms with E-state index >= 15 is 0 Å². The maximum Gasteiger partial charge on any atom is 0.264 e. The summed E-state index contributed by atoms with van der Waals surface area (Å²) in [6.07, 6.45) is 0.703. The molecule has 0 saturated heterocycles. The fourth-order valence-electron chi connectivity index (χ4n) is 3.84. The Labute approximate surface area is 238 Å². The Morgan fingerprint density at radius 2 is 1.59 bits per heavy atom. The zero-order valence-corrected chi connectivity index (χ0v) is 24.8. The van der Waals surface area contributed by atoms with Crippen molar-refractivity contribution in [3.05, 3.63) is 94.2 Å². The Morgan fingerprint density at radius 3 is 2.18 bits per heavy atom. The van der Waals surface area contributed by atoms with Gasteiger partial charge in [0.05, 0.1) is 10.6 Å². The molecule has 0 aromatic heterocycles. The summed E-state index contributed by atoms with van der Waals surface area (Å²) in [7, 11) is -4.33. The van der Waals surface area contributed by atoms with Crippen LogP contribution in [0.5, 0.6) is 0 Å². The van der Waals surface area contributed by atoms with Crippen LogP contribution >= 0.6 is 15.9 Å². The van der Waals surface area contributed by atoms with Gasteiger partial charge in [-0.15, -0.1) is 0 Å². The Hall–Kier alpha value is -3.24. The standard InChI is InChI=1S/C29H33BrFN3O4S/c1-5-21(3)32-29(36)22(4)33(18-23-12-14-24(30)15-13-23)28(35)19-34(27-9-7-6-8-26(27)31)39(37,38)25-16-10-20(2)11-17-25/h6-17,21-22H,5,18-19H2,1-4H3,(H,32,36)/t21-,22-/m1/s1. The number of rotatable bonds is 11. The van der Waals surface area contributed by atoms with Crippen molar-refractivity contribution in [1.82, 2.24) is 10.2 Å². The lowest BCUT2D eigenvalue weighted by Gasteiger charge is -2.32. The lowest BCUT2D eigenvalue weighted by molar-refractivity contribution is -0.139. The first-order valence-corrected chi connectivity index (χ1v) is 14.9. The number of hydrogen-bond donors (Lipinski definition) is 1. The van der Waals surface area contributed by atoms with Crippen molar-refractivity contribution >= 4 is 43.5 Å². The molecule has 0 bridgehead atoms. The number of para-hydroxylation sites is 1. The molecule has 7 nitrogen and oxygen atoms in total. The fraction of sp³-hybridized carbons (Fsp3) is 0.310. The van der Waals surface area contributed by atoms with Gasteiger partial charge >= 0.3 is 0 Å². The third-order valence-electron chi connectivity index (χ3n) is 6.44. The van der Waals surface area contributed by atoms with Crippen molar-refractivity contribution in [2.45, 2.75) is 57.6 Å². The van der Waals surface area contributed by atoms with Gasteiger partial charge in [0.15, 0.2) is 0 Å². The lowest BCUT2D eigenvalue weighted by Crippen LogP contribution is -2.52. The van der Waals surface area contributed by atoms with Crippen molar-refractivity contribution in [1.29, 1.82) is 0 Å². The van der Waals surface area contributed by atoms with Crippen molar-refractivity contribution in [2.75, 3.05) is 10.8 Å². The molecule has 0 aliphatic rings. The van der Waals surface area contributed by atoms with E-state index in [0.29, 0.717) is 6.42 Å². The second kappa shape index (κ2) is 13.2. The highest BCUT2D eigenvalue weighted by molar-refractivity contribution is 9.10. The second-order valence-electron chi connectivity index (χ2n) is 9.42. The average Bonchev–Trinajstić information content (AvgIpc) is 2.91. The largest absolute Gasteiger partial charge is 0.352 e. The van der Waals surface area contributed by atoms with E-state index in [1.807, 2.05) is 32.9 Å². The van der Waals surface area contributed by atoms with Gasteiger partial charge in [0.1, 0.15) is 18.4 Å². The summed E-state index contributed by atoms with van der Waals surface area (Å²) < 4.78 is 44.1. The monoisotopic (exact) mass is 617 g/mol. The number of anilines is 1. The minimum absolute atomic E-state index is 0.0525. The van der Waals surface area contributed by atoms with Gasteiger partial charge in [0.25, 0.3) is 10.0 Å². The van der Waals surface area contributed by atoms with Crippen LogP contribution in [0, 0.1) is 12.7 Å². The first-order valence-electron chi connectivity index (χ1n) is 12.6. The molecular formula is C29H33BrFN3O4S. The molecule has 0 unspecified atom stereocenters. The number of hydrogen-bond acceptors (Lipinski definition) is 4. The zero-order valence-electron chi connectivity index (χ0n) is 22.4. The molecule has 0 radical (unpaired) electrons. The molecule has 39 heavy (non-hydrogen) atoms. The number of nitrogens with zero attached hydrogens (tertiary/aromatic N) is 2. The summed E-state index contributed by atoms with van der Waals surface area (Å²) in [6.45, 7) is 6.56. The van der Waals surface area contributed by atoms with Crippen LogP contribution in [0.25, 0.3) is 0 Å². The van der Waals surface area contributed by atoms with Crippen molar-refractivity contribution in [3.63, 3.8) is 0 Å². The van der Waals surface area contributed by atoms with Crippen LogP contribution in [0.1, 0.15) is 38.3 Å². The molecule has 0 aliphatic heterocycles. The van der Waals surface area contributed by atoms with Gasteiger partial charge in [-0.05, 0) is 69.2 Å². The van der Waals surface area contributed by atoms with Crippen LogP contribution in [-0.2, 0) is 26.2 Å². The summed E-state index contributed by atoms with van der Waals surface area (Å²) in [5.74, 6) is -1.81. The minimum Gasteiger partial charge on any atom is -0.352 e. The van der Waals surface area contributed by atoms with Gasteiger partial charge in [-0.1, -0.05) is 64.8 Å². The first-order chi connectivity index (χ1) is 18.4. The molecule has 208 valence electrons. The van der Waals surface area contributed by atoms with Gasteiger partial charge in [0, 0.05) is 17.1 Å². The van der Waals surface area contributed by atoms with E-state index in [2.05, 4.69) is 21.2 Å². The third-order valence-corrected chi connectivity index (χ3v) is 8.75. The highest BCUT2D eigenvalue weighted by Gasteiger charge is 2.33. The third kappa shape index (κ3) is 7.67. The van der Waals surface area contributed by atoms with Crippen LogP contribution in [0.4, 0.5) is 10.1 Å². The van der Waals surface area contributed by atoms with E-state index in [1.165, 1.54) is 35.2 Å². The SMILES string of the molecule is CC[C@@H](C)NC(=O)[C@@H](C)N(Cc1ccc(Br)cc1)C(=O)CN(c1ccccc1F)S(=O)(=O)c1ccc(C)cc1. The van der Waals surface area contributed by atoms with Crippen LogP contribution in [0.15, 0.2) is 82.2 Å². The minimum atomic E-state index is -4.33. The van der Waals surface area contributed by atoms with E-state index in [9.17, 15) is 22.4 Å². The second-order valence-corrected chi connectivity index (χ2v) is 12.2. The normalized spacial score (nSPS) is 12.9. The van der Waals surface area contributed by atoms with Crippen molar-refractivity contribution in [3.8, 4) is 0 Å². The Bertz CT molecular complexity index is 1400.